The van der Waals surface area contributed by atoms with Gasteiger partial charge < -0.3 is 19.5 Å². The number of nitrogens with one attached hydrogen (secondary N) is 1. The van der Waals surface area contributed by atoms with Gasteiger partial charge in [-0.3, -0.25) is 0 Å². The highest BCUT2D eigenvalue weighted by Gasteiger charge is 2.26. The Bertz CT molecular complexity index is 459. The highest BCUT2D eigenvalue weighted by molar-refractivity contribution is 5.81. The van der Waals surface area contributed by atoms with Crippen molar-refractivity contribution in [3.63, 3.8) is 0 Å². The fourth-order valence-electron chi connectivity index (χ4n) is 1.95. The second kappa shape index (κ2) is 5.16. The molecule has 0 bridgehead atoms. The Morgan fingerprint density at radius 2 is 1.94 bits per heavy atom. The summed E-state index contributed by atoms with van der Waals surface area (Å²) in [7, 11) is 3.18. The first kappa shape index (κ1) is 12.5. The van der Waals surface area contributed by atoms with Crippen molar-refractivity contribution >= 4 is 11.7 Å². The van der Waals surface area contributed by atoms with Gasteiger partial charge in [-0.25, -0.2) is 4.79 Å². The number of ether oxygens (including phenoxy) is 3. The van der Waals surface area contributed by atoms with Crippen LogP contribution in [0.1, 0.15) is 12.0 Å². The van der Waals surface area contributed by atoms with Gasteiger partial charge in [-0.2, -0.15) is 0 Å². The molecule has 1 atom stereocenters. The molecule has 2 rings (SSSR count). The van der Waals surface area contributed by atoms with E-state index < -0.39 is 0 Å². The van der Waals surface area contributed by atoms with E-state index in [4.69, 9.17) is 14.2 Å². The van der Waals surface area contributed by atoms with Gasteiger partial charge >= 0.3 is 5.97 Å². The second-order valence-electron chi connectivity index (χ2n) is 4.18. The van der Waals surface area contributed by atoms with Crippen LogP contribution in [0.3, 0.4) is 0 Å². The molecule has 1 fully saturated rings. The first-order valence-electron chi connectivity index (χ1n) is 5.81. The van der Waals surface area contributed by atoms with Crippen molar-refractivity contribution in [2.45, 2.75) is 19.4 Å². The average Bonchev–Trinajstić information content (AvgIpc) is 2.77. The summed E-state index contributed by atoms with van der Waals surface area (Å²) >= 11 is 0. The molecule has 0 saturated carbocycles. The maximum atomic E-state index is 11.4. The summed E-state index contributed by atoms with van der Waals surface area (Å²) in [5.41, 5.74) is 1.85. The summed E-state index contributed by atoms with van der Waals surface area (Å²) in [6.45, 7) is 2.42. The van der Waals surface area contributed by atoms with Crippen LogP contribution in [0.25, 0.3) is 0 Å². The fraction of sp³-hybridized carbons (Fsp3) is 0.462. The van der Waals surface area contributed by atoms with E-state index in [1.807, 2.05) is 19.1 Å². The molecular formula is C13H17NO4. The smallest absolute Gasteiger partial charge is 0.328 e. The number of anilines is 1. The van der Waals surface area contributed by atoms with Crippen molar-refractivity contribution in [3.8, 4) is 11.5 Å². The highest BCUT2D eigenvalue weighted by Crippen LogP contribution is 2.33. The predicted molar refractivity (Wildman–Crippen MR) is 67.3 cm³/mol. The molecule has 0 aromatic heterocycles. The molecular weight excluding hydrogens is 234 g/mol. The molecule has 1 N–H and O–H groups in total. The number of methoxy groups -OCH3 is 2. The summed E-state index contributed by atoms with van der Waals surface area (Å²) in [5, 5.41) is 3.17. The molecule has 5 heteroatoms. The maximum absolute atomic E-state index is 11.4. The first-order chi connectivity index (χ1) is 8.65. The molecule has 1 aromatic carbocycles. The summed E-state index contributed by atoms with van der Waals surface area (Å²) in [6.07, 6.45) is 0.687. The third kappa shape index (κ3) is 2.34. The van der Waals surface area contributed by atoms with E-state index >= 15 is 0 Å². The minimum absolute atomic E-state index is 0.204. The molecule has 0 spiro atoms. The van der Waals surface area contributed by atoms with E-state index in [-0.39, 0.29) is 12.0 Å². The van der Waals surface area contributed by atoms with Crippen molar-refractivity contribution in [2.24, 2.45) is 0 Å². The van der Waals surface area contributed by atoms with Crippen molar-refractivity contribution in [1.82, 2.24) is 0 Å². The Balaban J connectivity index is 2.24. The topological polar surface area (TPSA) is 56.8 Å². The third-order valence-electron chi connectivity index (χ3n) is 3.00. The van der Waals surface area contributed by atoms with Crippen LogP contribution in [-0.4, -0.2) is 32.8 Å². The van der Waals surface area contributed by atoms with Crippen LogP contribution in [0.15, 0.2) is 12.1 Å². The lowest BCUT2D eigenvalue weighted by Crippen LogP contribution is -2.24. The fourth-order valence-corrected chi connectivity index (χ4v) is 1.95. The van der Waals surface area contributed by atoms with Crippen molar-refractivity contribution in [1.29, 1.82) is 0 Å². The van der Waals surface area contributed by atoms with Gasteiger partial charge in [-0.05, 0) is 18.6 Å². The molecule has 0 aliphatic carbocycles. The standard InChI is InChI=1S/C13H17NO4/c1-8-6-11(16-2)12(17-3)7-10(8)14-9-4-5-18-13(9)15/h6-7,9,14H,4-5H2,1-3H3. The van der Waals surface area contributed by atoms with Crippen LogP contribution in [0, 0.1) is 6.92 Å². The van der Waals surface area contributed by atoms with E-state index in [2.05, 4.69) is 5.32 Å². The third-order valence-corrected chi connectivity index (χ3v) is 3.00. The number of esters is 1. The Hall–Kier alpha value is -1.91. The molecule has 1 unspecified atom stereocenters. The van der Waals surface area contributed by atoms with E-state index in [1.54, 1.807) is 14.2 Å². The van der Waals surface area contributed by atoms with Gasteiger partial charge in [0.05, 0.1) is 20.8 Å². The zero-order chi connectivity index (χ0) is 13.1. The summed E-state index contributed by atoms with van der Waals surface area (Å²) in [4.78, 5) is 11.4. The number of benzene rings is 1. The van der Waals surface area contributed by atoms with E-state index in [9.17, 15) is 4.79 Å². The molecule has 0 amide bonds. The second-order valence-corrected chi connectivity index (χ2v) is 4.18. The van der Waals surface area contributed by atoms with Crippen LogP contribution in [0.4, 0.5) is 5.69 Å². The molecule has 1 heterocycles. The minimum Gasteiger partial charge on any atom is -0.493 e. The lowest BCUT2D eigenvalue weighted by molar-refractivity contribution is -0.138. The number of carbonyl (C=O) groups is 1. The zero-order valence-corrected chi connectivity index (χ0v) is 10.8. The van der Waals surface area contributed by atoms with Gasteiger partial charge in [0.2, 0.25) is 0 Å². The molecule has 1 aromatic rings. The van der Waals surface area contributed by atoms with Gasteiger partial charge in [0, 0.05) is 18.2 Å². The van der Waals surface area contributed by atoms with E-state index in [1.165, 1.54) is 0 Å². The Morgan fingerprint density at radius 1 is 1.28 bits per heavy atom. The summed E-state index contributed by atoms with van der Waals surface area (Å²) in [5.74, 6) is 1.11. The van der Waals surface area contributed by atoms with Crippen LogP contribution in [0.5, 0.6) is 11.5 Å². The maximum Gasteiger partial charge on any atom is 0.328 e. The molecule has 1 aliphatic rings. The van der Waals surface area contributed by atoms with Crippen LogP contribution in [-0.2, 0) is 9.53 Å². The predicted octanol–water partition coefficient (Wildman–Crippen LogP) is 1.74. The van der Waals surface area contributed by atoms with Crippen LogP contribution < -0.4 is 14.8 Å². The highest BCUT2D eigenvalue weighted by atomic mass is 16.5. The molecule has 0 radical (unpaired) electrons. The van der Waals surface area contributed by atoms with Crippen molar-refractivity contribution in [2.75, 3.05) is 26.1 Å². The Morgan fingerprint density at radius 3 is 2.50 bits per heavy atom. The minimum atomic E-state index is -0.276. The van der Waals surface area contributed by atoms with Gasteiger partial charge in [0.1, 0.15) is 6.04 Å². The number of cyclic esters (lactones) is 1. The van der Waals surface area contributed by atoms with Crippen molar-refractivity contribution < 1.29 is 19.0 Å². The van der Waals surface area contributed by atoms with Gasteiger partial charge in [0.25, 0.3) is 0 Å². The van der Waals surface area contributed by atoms with Crippen molar-refractivity contribution in [3.05, 3.63) is 17.7 Å². The number of carbonyl (C=O) groups excluding carboxylic acids is 1. The Kier molecular flexibility index (Phi) is 3.60. The molecule has 1 aliphatic heterocycles. The SMILES string of the molecule is COc1cc(C)c(NC2CCOC2=O)cc1OC. The quantitative estimate of drug-likeness (QED) is 0.826. The molecule has 1 saturated heterocycles. The Labute approximate surface area is 106 Å². The van der Waals surface area contributed by atoms with Crippen LogP contribution in [0.2, 0.25) is 0 Å². The van der Waals surface area contributed by atoms with E-state index in [0.717, 1.165) is 11.3 Å². The summed E-state index contributed by atoms with van der Waals surface area (Å²) < 4.78 is 15.4. The number of hydrogen-bond acceptors (Lipinski definition) is 5. The zero-order valence-electron chi connectivity index (χ0n) is 10.8. The normalized spacial score (nSPS) is 18.4. The van der Waals surface area contributed by atoms with Gasteiger partial charge in [-0.15, -0.1) is 0 Å². The molecule has 5 nitrogen and oxygen atoms in total. The number of hydrogen-bond donors (Lipinski definition) is 1. The number of rotatable bonds is 4. The van der Waals surface area contributed by atoms with E-state index in [0.29, 0.717) is 24.5 Å². The summed E-state index contributed by atoms with van der Waals surface area (Å²) in [6, 6.07) is 3.43. The van der Waals surface area contributed by atoms with Gasteiger partial charge in [0.15, 0.2) is 11.5 Å². The largest absolute Gasteiger partial charge is 0.493 e. The monoisotopic (exact) mass is 251 g/mol. The van der Waals surface area contributed by atoms with Crippen LogP contribution >= 0.6 is 0 Å². The molecule has 98 valence electrons. The van der Waals surface area contributed by atoms with Gasteiger partial charge in [-0.1, -0.05) is 0 Å². The lowest BCUT2D eigenvalue weighted by atomic mass is 10.1. The number of aryl methyl sites for hydroxylation is 1. The lowest BCUT2D eigenvalue weighted by Gasteiger charge is -2.16. The molecule has 18 heavy (non-hydrogen) atoms. The average molecular weight is 251 g/mol. The first-order valence-corrected chi connectivity index (χ1v) is 5.81.